The normalized spacial score (nSPS) is 16.1. The Kier molecular flexibility index (Phi) is 6.14. The summed E-state index contributed by atoms with van der Waals surface area (Å²) in [5.41, 5.74) is 2.09. The Hall–Kier alpha value is -2.19. The summed E-state index contributed by atoms with van der Waals surface area (Å²) in [5.74, 6) is 0.334. The van der Waals surface area contributed by atoms with Gasteiger partial charge in [-0.1, -0.05) is 20.8 Å². The molecule has 3 heterocycles. The van der Waals surface area contributed by atoms with Crippen LogP contribution in [0.1, 0.15) is 48.9 Å². The van der Waals surface area contributed by atoms with Crippen molar-refractivity contribution in [2.75, 3.05) is 20.6 Å². The van der Waals surface area contributed by atoms with Gasteiger partial charge in [-0.25, -0.2) is 4.98 Å². The molecule has 0 radical (unpaired) electrons. The number of aromatic nitrogens is 2. The molecule has 2 N–H and O–H groups in total. The molecule has 7 nitrogen and oxygen atoms in total. The molecule has 0 saturated carbocycles. The Bertz CT molecular complexity index is 909. The summed E-state index contributed by atoms with van der Waals surface area (Å²) in [4.78, 5) is 33.7. The number of nitrogens with one attached hydrogen (secondary N) is 2. The molecule has 0 aromatic carbocycles. The van der Waals surface area contributed by atoms with Gasteiger partial charge >= 0.3 is 0 Å². The van der Waals surface area contributed by atoms with Crippen LogP contribution in [0.25, 0.3) is 10.7 Å². The van der Waals surface area contributed by atoms with E-state index in [2.05, 4.69) is 45.5 Å². The summed E-state index contributed by atoms with van der Waals surface area (Å²) in [6, 6.07) is 1.47. The lowest BCUT2D eigenvalue weighted by atomic mass is 9.86. The number of likely N-dealkylation sites (N-methyl/N-ethyl adjacent to an activating group) is 1. The van der Waals surface area contributed by atoms with Crippen molar-refractivity contribution in [3.05, 3.63) is 28.4 Å². The van der Waals surface area contributed by atoms with Crippen LogP contribution < -0.4 is 10.6 Å². The molecule has 29 heavy (non-hydrogen) atoms. The van der Waals surface area contributed by atoms with Crippen LogP contribution in [0.3, 0.4) is 0 Å². The van der Waals surface area contributed by atoms with Gasteiger partial charge in [0.1, 0.15) is 6.04 Å². The molecular weight excluding hydrogens is 386 g/mol. The van der Waals surface area contributed by atoms with Gasteiger partial charge in [0.05, 0.1) is 10.6 Å². The predicted octanol–water partition coefficient (Wildman–Crippen LogP) is 2.65. The zero-order chi connectivity index (χ0) is 21.3. The Labute approximate surface area is 176 Å². The second-order valence-corrected chi connectivity index (χ2v) is 9.76. The summed E-state index contributed by atoms with van der Waals surface area (Å²) in [6.07, 6.45) is 1.00. The third-order valence-corrected chi connectivity index (χ3v) is 6.27. The van der Waals surface area contributed by atoms with Crippen LogP contribution in [0.2, 0.25) is 0 Å². The largest absolute Gasteiger partial charge is 0.357 e. The minimum Gasteiger partial charge on any atom is -0.357 e. The van der Waals surface area contributed by atoms with Crippen LogP contribution >= 0.6 is 11.3 Å². The highest BCUT2D eigenvalue weighted by Gasteiger charge is 2.34. The minimum atomic E-state index is -0.645. The van der Waals surface area contributed by atoms with Gasteiger partial charge < -0.3 is 20.1 Å². The highest BCUT2D eigenvalue weighted by atomic mass is 32.1. The standard InChI is InChI=1S/C21H31N5O2S/c1-13-10-15(29-12-13)18-23-16(14-11-25(6)8-7-9-26(14)18)19(27)24-17(20(28)22-5)21(2,3)4/h10,12,17H,7-9,11H2,1-6H3,(H,22,28)(H,24,27)/t17-/m1/s1. The third kappa shape index (κ3) is 4.53. The fourth-order valence-corrected chi connectivity index (χ4v) is 4.55. The SMILES string of the molecule is CNC(=O)[C@@H](NC(=O)c1nc(-c2cc(C)cs2)n2c1CN(C)CCC2)C(C)(C)C. The van der Waals surface area contributed by atoms with E-state index in [0.717, 1.165) is 35.9 Å². The van der Waals surface area contributed by atoms with Gasteiger partial charge in [-0.05, 0) is 49.4 Å². The average molecular weight is 418 g/mol. The van der Waals surface area contributed by atoms with Crippen molar-refractivity contribution in [3.8, 4) is 10.7 Å². The van der Waals surface area contributed by atoms with Crippen LogP contribution in [0, 0.1) is 12.3 Å². The fraction of sp³-hybridized carbons (Fsp3) is 0.571. The first-order valence-electron chi connectivity index (χ1n) is 9.97. The summed E-state index contributed by atoms with van der Waals surface area (Å²) in [5, 5.41) is 7.69. The van der Waals surface area contributed by atoms with Crippen molar-refractivity contribution in [2.45, 2.75) is 53.2 Å². The molecule has 0 saturated heterocycles. The minimum absolute atomic E-state index is 0.206. The third-order valence-electron chi connectivity index (χ3n) is 5.23. The van der Waals surface area contributed by atoms with Gasteiger partial charge in [0.15, 0.2) is 11.5 Å². The second kappa shape index (κ2) is 8.28. The van der Waals surface area contributed by atoms with E-state index in [1.54, 1.807) is 18.4 Å². The van der Waals surface area contributed by atoms with Crippen molar-refractivity contribution < 1.29 is 9.59 Å². The molecule has 2 aromatic heterocycles. The maximum absolute atomic E-state index is 13.3. The van der Waals surface area contributed by atoms with Crippen molar-refractivity contribution in [1.82, 2.24) is 25.1 Å². The van der Waals surface area contributed by atoms with E-state index < -0.39 is 11.5 Å². The number of thiophene rings is 1. The first-order chi connectivity index (χ1) is 13.6. The van der Waals surface area contributed by atoms with Crippen molar-refractivity contribution in [3.63, 3.8) is 0 Å². The number of nitrogens with zero attached hydrogens (tertiary/aromatic N) is 3. The van der Waals surface area contributed by atoms with Crippen molar-refractivity contribution >= 4 is 23.2 Å². The average Bonchev–Trinajstić information content (AvgIpc) is 3.16. The number of hydrogen-bond donors (Lipinski definition) is 2. The number of hydrogen-bond acceptors (Lipinski definition) is 5. The molecule has 1 aliphatic rings. The molecule has 0 spiro atoms. The molecule has 2 aromatic rings. The molecule has 8 heteroatoms. The number of rotatable bonds is 4. The van der Waals surface area contributed by atoms with Crippen LogP contribution in [0.5, 0.6) is 0 Å². The van der Waals surface area contributed by atoms with Crippen LogP contribution in [-0.4, -0.2) is 52.9 Å². The second-order valence-electron chi connectivity index (χ2n) is 8.85. The highest BCUT2D eigenvalue weighted by Crippen LogP contribution is 2.31. The topological polar surface area (TPSA) is 79.3 Å². The van der Waals surface area contributed by atoms with Gasteiger partial charge in [-0.15, -0.1) is 11.3 Å². The molecule has 0 aliphatic carbocycles. The number of carbonyl (C=O) groups is 2. The highest BCUT2D eigenvalue weighted by molar-refractivity contribution is 7.13. The van der Waals surface area contributed by atoms with Crippen LogP contribution in [-0.2, 0) is 17.9 Å². The van der Waals surface area contributed by atoms with E-state index in [1.165, 1.54) is 5.56 Å². The predicted molar refractivity (Wildman–Crippen MR) is 116 cm³/mol. The number of carbonyl (C=O) groups excluding carboxylic acids is 2. The van der Waals surface area contributed by atoms with Gasteiger partial charge in [0.2, 0.25) is 5.91 Å². The lowest BCUT2D eigenvalue weighted by Gasteiger charge is -2.29. The van der Waals surface area contributed by atoms with E-state index in [-0.39, 0.29) is 11.8 Å². The monoisotopic (exact) mass is 417 g/mol. The number of amides is 2. The van der Waals surface area contributed by atoms with E-state index >= 15 is 0 Å². The van der Waals surface area contributed by atoms with Gasteiger partial charge in [0, 0.05) is 20.1 Å². The zero-order valence-corrected chi connectivity index (χ0v) is 18.9. The molecule has 0 fully saturated rings. The summed E-state index contributed by atoms with van der Waals surface area (Å²) in [6.45, 7) is 10.3. The molecule has 1 aliphatic heterocycles. The number of aryl methyl sites for hydroxylation is 1. The molecule has 0 unspecified atom stereocenters. The Morgan fingerprint density at radius 1 is 1.28 bits per heavy atom. The molecule has 158 valence electrons. The van der Waals surface area contributed by atoms with Crippen LogP contribution in [0.4, 0.5) is 0 Å². The lowest BCUT2D eigenvalue weighted by Crippen LogP contribution is -2.53. The Balaban J connectivity index is 2.03. The quantitative estimate of drug-likeness (QED) is 0.802. The molecule has 0 bridgehead atoms. The van der Waals surface area contributed by atoms with Crippen LogP contribution in [0.15, 0.2) is 11.4 Å². The van der Waals surface area contributed by atoms with Gasteiger partial charge in [-0.2, -0.15) is 0 Å². The van der Waals surface area contributed by atoms with Crippen molar-refractivity contribution in [1.29, 1.82) is 0 Å². The summed E-state index contributed by atoms with van der Waals surface area (Å²) in [7, 11) is 3.64. The summed E-state index contributed by atoms with van der Waals surface area (Å²) < 4.78 is 2.18. The number of imidazole rings is 1. The number of fused-ring (bicyclic) bond motifs is 1. The van der Waals surface area contributed by atoms with Gasteiger partial charge in [-0.3, -0.25) is 9.59 Å². The Morgan fingerprint density at radius 3 is 2.59 bits per heavy atom. The molecule has 2 amide bonds. The Morgan fingerprint density at radius 2 is 2.00 bits per heavy atom. The molecular formula is C21H31N5O2S. The molecule has 1 atom stereocenters. The summed E-state index contributed by atoms with van der Waals surface area (Å²) >= 11 is 1.64. The fourth-order valence-electron chi connectivity index (χ4n) is 3.66. The van der Waals surface area contributed by atoms with Crippen molar-refractivity contribution in [2.24, 2.45) is 5.41 Å². The maximum Gasteiger partial charge on any atom is 0.272 e. The smallest absolute Gasteiger partial charge is 0.272 e. The molecule has 3 rings (SSSR count). The van der Waals surface area contributed by atoms with E-state index in [4.69, 9.17) is 4.98 Å². The van der Waals surface area contributed by atoms with E-state index in [9.17, 15) is 9.59 Å². The van der Waals surface area contributed by atoms with E-state index in [1.807, 2.05) is 20.8 Å². The maximum atomic E-state index is 13.3. The first kappa shape index (κ1) is 21.5. The zero-order valence-electron chi connectivity index (χ0n) is 18.1. The van der Waals surface area contributed by atoms with Gasteiger partial charge in [0.25, 0.3) is 5.91 Å². The van der Waals surface area contributed by atoms with E-state index in [0.29, 0.717) is 12.2 Å². The lowest BCUT2D eigenvalue weighted by molar-refractivity contribution is -0.124. The first-order valence-corrected chi connectivity index (χ1v) is 10.9.